The van der Waals surface area contributed by atoms with Crippen LogP contribution in [0, 0.1) is 0 Å². The van der Waals surface area contributed by atoms with E-state index >= 15 is 0 Å². The quantitative estimate of drug-likeness (QED) is 0.221. The molecule has 0 unspecified atom stereocenters. The number of nitrogens with one attached hydrogen (secondary N) is 1. The number of rotatable bonds is 5. The maximum absolute atomic E-state index is 6.31. The Morgan fingerprint density at radius 2 is 1.02 bits per heavy atom. The summed E-state index contributed by atoms with van der Waals surface area (Å²) >= 11 is 0. The molecule has 0 fully saturated rings. The molecule has 1 aromatic heterocycles. The second kappa shape index (κ2) is 10.1. The Morgan fingerprint density at radius 1 is 0.422 bits per heavy atom. The monoisotopic (exact) mass is 575 g/mol. The van der Waals surface area contributed by atoms with Gasteiger partial charge in [-0.25, -0.2) is 0 Å². The van der Waals surface area contributed by atoms with Gasteiger partial charge in [-0.05, 0) is 69.3 Å². The SMILES string of the molecule is c1ccc(C2(c3cccc(Nc4ccc(-c5cccc6c5oc5ccccc56)cc4)c3)c3ccccc3-c3ccccc32)cc1. The van der Waals surface area contributed by atoms with Crippen molar-refractivity contribution in [3.63, 3.8) is 0 Å². The molecular formula is C43H29NO. The molecule has 0 radical (unpaired) electrons. The van der Waals surface area contributed by atoms with E-state index < -0.39 is 5.41 Å². The van der Waals surface area contributed by atoms with Crippen molar-refractivity contribution in [3.05, 3.63) is 192 Å². The highest BCUT2D eigenvalue weighted by Crippen LogP contribution is 2.56. The number of anilines is 2. The summed E-state index contributed by atoms with van der Waals surface area (Å²) in [5.41, 5.74) is 13.5. The van der Waals surface area contributed by atoms with Gasteiger partial charge in [0, 0.05) is 27.7 Å². The molecule has 1 aliphatic carbocycles. The van der Waals surface area contributed by atoms with Crippen LogP contribution in [0.15, 0.2) is 174 Å². The van der Waals surface area contributed by atoms with Crippen molar-refractivity contribution < 1.29 is 4.42 Å². The minimum Gasteiger partial charge on any atom is -0.455 e. The molecule has 1 heterocycles. The first-order valence-electron chi connectivity index (χ1n) is 15.4. The molecule has 8 aromatic rings. The van der Waals surface area contributed by atoms with Gasteiger partial charge in [-0.15, -0.1) is 0 Å². The van der Waals surface area contributed by atoms with Gasteiger partial charge in [0.05, 0.1) is 5.41 Å². The summed E-state index contributed by atoms with van der Waals surface area (Å²) in [6, 6.07) is 60.8. The van der Waals surface area contributed by atoms with Crippen LogP contribution in [-0.2, 0) is 5.41 Å². The molecule has 0 saturated heterocycles. The van der Waals surface area contributed by atoms with Crippen molar-refractivity contribution >= 4 is 33.3 Å². The Morgan fingerprint density at radius 3 is 1.80 bits per heavy atom. The summed E-state index contributed by atoms with van der Waals surface area (Å²) in [5, 5.41) is 5.99. The lowest BCUT2D eigenvalue weighted by Gasteiger charge is -2.34. The maximum atomic E-state index is 6.31. The summed E-state index contributed by atoms with van der Waals surface area (Å²) in [7, 11) is 0. The molecule has 1 N–H and O–H groups in total. The van der Waals surface area contributed by atoms with Crippen LogP contribution >= 0.6 is 0 Å². The largest absolute Gasteiger partial charge is 0.455 e. The minimum atomic E-state index is -0.415. The fourth-order valence-corrected chi connectivity index (χ4v) is 7.42. The van der Waals surface area contributed by atoms with Gasteiger partial charge in [0.1, 0.15) is 11.2 Å². The normalized spacial score (nSPS) is 13.1. The molecule has 0 aliphatic heterocycles. The van der Waals surface area contributed by atoms with Crippen LogP contribution in [0.4, 0.5) is 11.4 Å². The number of furan rings is 1. The van der Waals surface area contributed by atoms with E-state index in [1.165, 1.54) is 33.4 Å². The van der Waals surface area contributed by atoms with Gasteiger partial charge in [0.25, 0.3) is 0 Å². The molecule has 9 rings (SSSR count). The Hall–Kier alpha value is -5.86. The van der Waals surface area contributed by atoms with Crippen LogP contribution in [0.25, 0.3) is 44.2 Å². The zero-order valence-corrected chi connectivity index (χ0v) is 24.6. The Labute approximate surface area is 262 Å². The van der Waals surface area contributed by atoms with Crippen LogP contribution < -0.4 is 5.32 Å². The van der Waals surface area contributed by atoms with E-state index in [0.29, 0.717) is 0 Å². The standard InChI is InChI=1S/C43H29NO/c1-2-12-30(13-3-1)43(39-21-7-4-16-35(39)36-17-5-8-22-40(36)43)31-14-10-15-33(28-31)44-32-26-24-29(25-27-32)34-19-11-20-38-37-18-6-9-23-41(37)45-42(34)38/h1-28,44H. The van der Waals surface area contributed by atoms with Crippen LogP contribution in [-0.4, -0.2) is 0 Å². The molecule has 0 atom stereocenters. The number of para-hydroxylation sites is 2. The summed E-state index contributed by atoms with van der Waals surface area (Å²) < 4.78 is 6.31. The molecule has 0 spiro atoms. The van der Waals surface area contributed by atoms with Gasteiger partial charge in [-0.1, -0.05) is 140 Å². The van der Waals surface area contributed by atoms with E-state index in [9.17, 15) is 0 Å². The molecule has 0 amide bonds. The average Bonchev–Trinajstić information content (AvgIpc) is 3.64. The van der Waals surface area contributed by atoms with Crippen molar-refractivity contribution in [3.8, 4) is 22.3 Å². The predicted octanol–water partition coefficient (Wildman–Crippen LogP) is 11.4. The second-order valence-electron chi connectivity index (χ2n) is 11.8. The number of hydrogen-bond donors (Lipinski definition) is 1. The van der Waals surface area contributed by atoms with E-state index in [4.69, 9.17) is 4.42 Å². The zero-order chi connectivity index (χ0) is 29.8. The van der Waals surface area contributed by atoms with E-state index in [1.807, 2.05) is 12.1 Å². The molecule has 45 heavy (non-hydrogen) atoms. The first-order chi connectivity index (χ1) is 22.3. The van der Waals surface area contributed by atoms with Crippen molar-refractivity contribution in [2.24, 2.45) is 0 Å². The van der Waals surface area contributed by atoms with Crippen LogP contribution in [0.3, 0.4) is 0 Å². The van der Waals surface area contributed by atoms with Crippen LogP contribution in [0.1, 0.15) is 22.3 Å². The summed E-state index contributed by atoms with van der Waals surface area (Å²) in [6.45, 7) is 0. The Balaban J connectivity index is 1.12. The van der Waals surface area contributed by atoms with Crippen molar-refractivity contribution in [1.29, 1.82) is 0 Å². The minimum absolute atomic E-state index is 0.415. The smallest absolute Gasteiger partial charge is 0.143 e. The molecule has 0 saturated carbocycles. The van der Waals surface area contributed by atoms with Gasteiger partial charge in [0.15, 0.2) is 0 Å². The summed E-state index contributed by atoms with van der Waals surface area (Å²) in [5.74, 6) is 0. The number of fused-ring (bicyclic) bond motifs is 6. The number of benzene rings is 7. The summed E-state index contributed by atoms with van der Waals surface area (Å²) in [4.78, 5) is 0. The zero-order valence-electron chi connectivity index (χ0n) is 24.6. The van der Waals surface area contributed by atoms with Crippen LogP contribution in [0.5, 0.6) is 0 Å². The third-order valence-electron chi connectivity index (χ3n) is 9.34. The lowest BCUT2D eigenvalue weighted by molar-refractivity contribution is 0.670. The Kier molecular flexibility index (Phi) is 5.76. The third-order valence-corrected chi connectivity index (χ3v) is 9.34. The molecule has 7 aromatic carbocycles. The fraction of sp³-hybridized carbons (Fsp3) is 0.0233. The second-order valence-corrected chi connectivity index (χ2v) is 11.8. The van der Waals surface area contributed by atoms with Gasteiger partial charge < -0.3 is 9.73 Å². The molecule has 0 bridgehead atoms. The van der Waals surface area contributed by atoms with E-state index in [1.54, 1.807) is 0 Å². The molecule has 2 nitrogen and oxygen atoms in total. The first kappa shape index (κ1) is 25.6. The Bertz CT molecular complexity index is 2300. The molecule has 212 valence electrons. The summed E-state index contributed by atoms with van der Waals surface area (Å²) in [6.07, 6.45) is 0. The van der Waals surface area contributed by atoms with E-state index in [-0.39, 0.29) is 0 Å². The lowest BCUT2D eigenvalue weighted by Crippen LogP contribution is -2.28. The van der Waals surface area contributed by atoms with Crippen molar-refractivity contribution in [2.75, 3.05) is 5.32 Å². The predicted molar refractivity (Wildman–Crippen MR) is 186 cm³/mol. The molecular weight excluding hydrogens is 546 g/mol. The number of hydrogen-bond acceptors (Lipinski definition) is 2. The van der Waals surface area contributed by atoms with Gasteiger partial charge in [-0.3, -0.25) is 0 Å². The maximum Gasteiger partial charge on any atom is 0.143 e. The van der Waals surface area contributed by atoms with Gasteiger partial charge in [0.2, 0.25) is 0 Å². The highest BCUT2D eigenvalue weighted by atomic mass is 16.3. The molecule has 1 aliphatic rings. The average molecular weight is 576 g/mol. The topological polar surface area (TPSA) is 25.2 Å². The van der Waals surface area contributed by atoms with Crippen molar-refractivity contribution in [1.82, 2.24) is 0 Å². The van der Waals surface area contributed by atoms with Gasteiger partial charge >= 0.3 is 0 Å². The van der Waals surface area contributed by atoms with Gasteiger partial charge in [-0.2, -0.15) is 0 Å². The van der Waals surface area contributed by atoms with Crippen LogP contribution in [0.2, 0.25) is 0 Å². The third kappa shape index (κ3) is 3.89. The molecule has 2 heteroatoms. The van der Waals surface area contributed by atoms with E-state index in [0.717, 1.165) is 44.4 Å². The lowest BCUT2D eigenvalue weighted by atomic mass is 9.67. The first-order valence-corrected chi connectivity index (χ1v) is 15.4. The van der Waals surface area contributed by atoms with Crippen molar-refractivity contribution in [2.45, 2.75) is 5.41 Å². The highest BCUT2D eigenvalue weighted by molar-refractivity contribution is 6.09. The highest BCUT2D eigenvalue weighted by Gasteiger charge is 2.45. The fourth-order valence-electron chi connectivity index (χ4n) is 7.42. The van der Waals surface area contributed by atoms with E-state index in [2.05, 4.69) is 163 Å².